The Morgan fingerprint density at radius 2 is 2.29 bits per heavy atom. The van der Waals surface area contributed by atoms with Crippen molar-refractivity contribution in [3.63, 3.8) is 0 Å². The molecule has 0 fully saturated rings. The van der Waals surface area contributed by atoms with Gasteiger partial charge in [-0.15, -0.1) is 11.3 Å². The molecule has 1 aromatic rings. The van der Waals surface area contributed by atoms with Gasteiger partial charge in [-0.1, -0.05) is 12.7 Å². The van der Waals surface area contributed by atoms with Gasteiger partial charge >= 0.3 is 0 Å². The second-order valence-electron chi connectivity index (χ2n) is 2.85. The number of thiazole rings is 1. The molecule has 14 heavy (non-hydrogen) atoms. The Morgan fingerprint density at radius 3 is 2.79 bits per heavy atom. The van der Waals surface area contributed by atoms with Gasteiger partial charge in [0, 0.05) is 16.8 Å². The van der Waals surface area contributed by atoms with E-state index >= 15 is 0 Å². The molecule has 0 saturated heterocycles. The molecule has 4 N–H and O–H groups in total. The Hall–Kier alpha value is -1.55. The third kappa shape index (κ3) is 3.06. The van der Waals surface area contributed by atoms with E-state index in [1.54, 1.807) is 18.2 Å². The van der Waals surface area contributed by atoms with Gasteiger partial charge in [-0.2, -0.15) is 0 Å². The van der Waals surface area contributed by atoms with Crippen molar-refractivity contribution in [2.75, 3.05) is 0 Å². The number of nitrogens with two attached hydrogens (primary N) is 2. The topological polar surface area (TPSA) is 64.9 Å². The van der Waals surface area contributed by atoms with E-state index in [9.17, 15) is 0 Å². The van der Waals surface area contributed by atoms with Crippen molar-refractivity contribution >= 4 is 17.0 Å². The fourth-order valence-corrected chi connectivity index (χ4v) is 1.57. The van der Waals surface area contributed by atoms with Gasteiger partial charge in [-0.3, -0.25) is 0 Å². The Morgan fingerprint density at radius 1 is 1.57 bits per heavy atom. The molecule has 0 radical (unpaired) electrons. The summed E-state index contributed by atoms with van der Waals surface area (Å²) in [6.45, 7) is 5.47. The largest absolute Gasteiger partial charge is 0.399 e. The van der Waals surface area contributed by atoms with Crippen molar-refractivity contribution in [1.29, 1.82) is 0 Å². The average Bonchev–Trinajstić information content (AvgIpc) is 2.51. The normalized spacial score (nSPS) is 12.2. The number of hydrogen-bond donors (Lipinski definition) is 2. The molecule has 0 aliphatic carbocycles. The summed E-state index contributed by atoms with van der Waals surface area (Å²) in [4.78, 5) is 4.25. The highest BCUT2D eigenvalue weighted by Crippen LogP contribution is 2.14. The first-order valence-corrected chi connectivity index (χ1v) is 4.98. The molecule has 3 nitrogen and oxygen atoms in total. The molecule has 0 aliphatic rings. The van der Waals surface area contributed by atoms with Crippen LogP contribution in [0.2, 0.25) is 0 Å². The molecule has 1 rings (SSSR count). The van der Waals surface area contributed by atoms with Gasteiger partial charge in [-0.05, 0) is 19.1 Å². The number of allylic oxidation sites excluding steroid dienone is 3. The van der Waals surface area contributed by atoms with E-state index in [0.29, 0.717) is 11.4 Å². The molecule has 0 spiro atoms. The zero-order chi connectivity index (χ0) is 10.6. The molecule has 0 amide bonds. The molecular formula is C10H13N3S. The summed E-state index contributed by atoms with van der Waals surface area (Å²) in [6, 6.07) is 0. The zero-order valence-electron chi connectivity index (χ0n) is 8.03. The summed E-state index contributed by atoms with van der Waals surface area (Å²) in [5.74, 6) is 0. The molecule has 0 aromatic carbocycles. The Kier molecular flexibility index (Phi) is 3.48. The molecule has 0 saturated carbocycles. The van der Waals surface area contributed by atoms with E-state index in [2.05, 4.69) is 11.6 Å². The van der Waals surface area contributed by atoms with Crippen LogP contribution in [-0.2, 0) is 0 Å². The van der Waals surface area contributed by atoms with Crippen molar-refractivity contribution in [3.05, 3.63) is 46.6 Å². The maximum atomic E-state index is 5.78. The van der Waals surface area contributed by atoms with Crippen LogP contribution in [0.1, 0.15) is 10.7 Å². The average molecular weight is 207 g/mol. The Labute approximate surface area is 87.5 Å². The summed E-state index contributed by atoms with van der Waals surface area (Å²) >= 11 is 1.52. The predicted octanol–water partition coefficient (Wildman–Crippen LogP) is 1.78. The molecule has 1 heterocycles. The summed E-state index contributed by atoms with van der Waals surface area (Å²) in [5, 5.41) is 2.79. The van der Waals surface area contributed by atoms with Gasteiger partial charge < -0.3 is 11.5 Å². The number of aryl methyl sites for hydroxylation is 1. The highest BCUT2D eigenvalue weighted by atomic mass is 32.1. The standard InChI is InChI=1S/C10H13N3S/c1-7(11)4-3-5-9(12)10-13-8(2)6-14-10/h3-6H,1,11-12H2,2H3/b4-3-,9-5-. The van der Waals surface area contributed by atoms with Gasteiger partial charge in [-0.25, -0.2) is 4.98 Å². The minimum atomic E-state index is 0.504. The molecule has 0 bridgehead atoms. The molecule has 0 unspecified atom stereocenters. The van der Waals surface area contributed by atoms with Crippen molar-refractivity contribution < 1.29 is 0 Å². The summed E-state index contributed by atoms with van der Waals surface area (Å²) in [7, 11) is 0. The third-order valence-electron chi connectivity index (χ3n) is 1.45. The highest BCUT2D eigenvalue weighted by Gasteiger charge is 1.99. The second kappa shape index (κ2) is 4.62. The number of hydrogen-bond acceptors (Lipinski definition) is 4. The third-order valence-corrected chi connectivity index (χ3v) is 2.46. The van der Waals surface area contributed by atoms with E-state index in [1.165, 1.54) is 11.3 Å². The van der Waals surface area contributed by atoms with Crippen LogP contribution in [0.15, 0.2) is 35.9 Å². The summed E-state index contributed by atoms with van der Waals surface area (Å²) in [5.41, 5.74) is 13.3. The lowest BCUT2D eigenvalue weighted by atomic mass is 10.3. The smallest absolute Gasteiger partial charge is 0.139 e. The van der Waals surface area contributed by atoms with E-state index in [0.717, 1.165) is 10.7 Å². The SMILES string of the molecule is C=C(N)/C=C\C=C(/N)c1nc(C)cs1. The molecule has 4 heteroatoms. The Bertz CT molecular complexity index is 388. The number of nitrogens with zero attached hydrogens (tertiary/aromatic N) is 1. The minimum Gasteiger partial charge on any atom is -0.399 e. The van der Waals surface area contributed by atoms with Crippen LogP contribution in [-0.4, -0.2) is 4.98 Å². The molecule has 0 atom stereocenters. The van der Waals surface area contributed by atoms with Crippen LogP contribution in [0.5, 0.6) is 0 Å². The van der Waals surface area contributed by atoms with Gasteiger partial charge in [0.2, 0.25) is 0 Å². The quantitative estimate of drug-likeness (QED) is 0.742. The summed E-state index contributed by atoms with van der Waals surface area (Å²) < 4.78 is 0. The second-order valence-corrected chi connectivity index (χ2v) is 3.71. The van der Waals surface area contributed by atoms with Gasteiger partial charge in [0.05, 0.1) is 5.70 Å². The fraction of sp³-hybridized carbons (Fsp3) is 0.100. The Balaban J connectivity index is 2.75. The van der Waals surface area contributed by atoms with Crippen LogP contribution in [0.25, 0.3) is 5.70 Å². The van der Waals surface area contributed by atoms with E-state index < -0.39 is 0 Å². The monoisotopic (exact) mass is 207 g/mol. The van der Waals surface area contributed by atoms with Crippen molar-refractivity contribution in [3.8, 4) is 0 Å². The van der Waals surface area contributed by atoms with E-state index in [4.69, 9.17) is 11.5 Å². The van der Waals surface area contributed by atoms with Gasteiger partial charge in [0.1, 0.15) is 5.01 Å². The number of aromatic nitrogens is 1. The first kappa shape index (κ1) is 10.5. The van der Waals surface area contributed by atoms with E-state index in [-0.39, 0.29) is 0 Å². The predicted molar refractivity (Wildman–Crippen MR) is 61.5 cm³/mol. The van der Waals surface area contributed by atoms with Crippen LogP contribution < -0.4 is 11.5 Å². The molecule has 74 valence electrons. The highest BCUT2D eigenvalue weighted by molar-refractivity contribution is 7.10. The van der Waals surface area contributed by atoms with Crippen LogP contribution in [0, 0.1) is 6.92 Å². The zero-order valence-corrected chi connectivity index (χ0v) is 8.84. The lowest BCUT2D eigenvalue weighted by Gasteiger charge is -1.92. The van der Waals surface area contributed by atoms with Gasteiger partial charge in [0.15, 0.2) is 0 Å². The van der Waals surface area contributed by atoms with Gasteiger partial charge in [0.25, 0.3) is 0 Å². The maximum Gasteiger partial charge on any atom is 0.139 e. The van der Waals surface area contributed by atoms with Crippen molar-refractivity contribution in [2.45, 2.75) is 6.92 Å². The number of rotatable bonds is 3. The van der Waals surface area contributed by atoms with E-state index in [1.807, 2.05) is 12.3 Å². The lowest BCUT2D eigenvalue weighted by Crippen LogP contribution is -1.95. The first-order valence-electron chi connectivity index (χ1n) is 4.10. The molecule has 0 aliphatic heterocycles. The minimum absolute atomic E-state index is 0.504. The van der Waals surface area contributed by atoms with Crippen LogP contribution in [0.4, 0.5) is 0 Å². The molecule has 1 aromatic heterocycles. The summed E-state index contributed by atoms with van der Waals surface area (Å²) in [6.07, 6.45) is 5.21. The lowest BCUT2D eigenvalue weighted by molar-refractivity contribution is 1.23. The molecular weight excluding hydrogens is 194 g/mol. The van der Waals surface area contributed by atoms with Crippen molar-refractivity contribution in [1.82, 2.24) is 4.98 Å². The maximum absolute atomic E-state index is 5.78. The van der Waals surface area contributed by atoms with Crippen LogP contribution >= 0.6 is 11.3 Å². The van der Waals surface area contributed by atoms with Crippen LogP contribution in [0.3, 0.4) is 0 Å². The van der Waals surface area contributed by atoms with Crippen molar-refractivity contribution in [2.24, 2.45) is 11.5 Å². The fourth-order valence-electron chi connectivity index (χ4n) is 0.833. The first-order chi connectivity index (χ1) is 6.59.